The first-order valence-corrected chi connectivity index (χ1v) is 6.57. The van der Waals surface area contributed by atoms with Crippen molar-refractivity contribution in [3.05, 3.63) is 48.0 Å². The predicted octanol–water partition coefficient (Wildman–Crippen LogP) is 3.19. The Morgan fingerprint density at radius 1 is 0.950 bits per heavy atom. The topological polar surface area (TPSA) is 45.3 Å². The number of nitrogens with one attached hydrogen (secondary N) is 3. The second-order valence-electron chi connectivity index (χ2n) is 4.32. The Bertz CT molecular complexity index is 530. The average Bonchev–Trinajstić information content (AvgIpc) is 2.52. The molecule has 0 aromatic heterocycles. The molecule has 0 saturated carbocycles. The quantitative estimate of drug-likeness (QED) is 0.754. The van der Waals surface area contributed by atoms with Gasteiger partial charge in [-0.1, -0.05) is 12.1 Å². The molecule has 0 spiro atoms. The van der Waals surface area contributed by atoms with E-state index in [1.54, 1.807) is 0 Å². The molecule has 105 valence electrons. The normalized spacial score (nSPS) is 9.95. The van der Waals surface area contributed by atoms with Crippen molar-refractivity contribution in [3.63, 3.8) is 0 Å². The van der Waals surface area contributed by atoms with E-state index in [9.17, 15) is 0 Å². The zero-order chi connectivity index (χ0) is 14.4. The number of rotatable bonds is 6. The number of ether oxygens (including phenoxy) is 1. The largest absolute Gasteiger partial charge is 0.489 e. The number of benzene rings is 2. The second-order valence-corrected chi connectivity index (χ2v) is 4.32. The highest BCUT2D eigenvalue weighted by Crippen LogP contribution is 2.30. The molecular weight excluding hydrogens is 250 g/mol. The molecular formula is C16H20N3O. The maximum Gasteiger partial charge on any atom is 0.119 e. The predicted molar refractivity (Wildman–Crippen MR) is 84.7 cm³/mol. The molecule has 2 rings (SSSR count). The van der Waals surface area contributed by atoms with Gasteiger partial charge in [0.15, 0.2) is 0 Å². The van der Waals surface area contributed by atoms with E-state index in [-0.39, 0.29) is 0 Å². The van der Waals surface area contributed by atoms with Crippen LogP contribution >= 0.6 is 0 Å². The first-order valence-electron chi connectivity index (χ1n) is 6.57. The van der Waals surface area contributed by atoms with E-state index in [1.807, 2.05) is 45.4 Å². The molecule has 0 aliphatic heterocycles. The van der Waals surface area contributed by atoms with Crippen LogP contribution in [-0.2, 0) is 6.61 Å². The SMILES string of the molecule is CNc1cc(NC)c(COc2cc[c]cc2)c(NC)c1. The van der Waals surface area contributed by atoms with Crippen LogP contribution in [0, 0.1) is 6.07 Å². The van der Waals surface area contributed by atoms with Crippen molar-refractivity contribution in [2.45, 2.75) is 6.61 Å². The van der Waals surface area contributed by atoms with Gasteiger partial charge in [0.05, 0.1) is 0 Å². The van der Waals surface area contributed by atoms with Crippen molar-refractivity contribution in [1.29, 1.82) is 0 Å². The molecule has 20 heavy (non-hydrogen) atoms. The third-order valence-electron chi connectivity index (χ3n) is 3.15. The first kappa shape index (κ1) is 14.1. The molecule has 0 saturated heterocycles. The van der Waals surface area contributed by atoms with E-state index in [1.165, 1.54) is 0 Å². The van der Waals surface area contributed by atoms with E-state index < -0.39 is 0 Å². The van der Waals surface area contributed by atoms with Crippen LogP contribution in [0.2, 0.25) is 0 Å². The summed E-state index contributed by atoms with van der Waals surface area (Å²) >= 11 is 0. The molecule has 0 bridgehead atoms. The monoisotopic (exact) mass is 270 g/mol. The minimum absolute atomic E-state index is 0.500. The van der Waals surface area contributed by atoms with Gasteiger partial charge in [0, 0.05) is 43.8 Å². The molecule has 4 heteroatoms. The summed E-state index contributed by atoms with van der Waals surface area (Å²) in [6, 6.07) is 14.6. The van der Waals surface area contributed by atoms with Gasteiger partial charge in [-0.25, -0.2) is 0 Å². The van der Waals surface area contributed by atoms with E-state index in [0.29, 0.717) is 6.61 Å². The number of anilines is 3. The highest BCUT2D eigenvalue weighted by Gasteiger charge is 2.10. The maximum atomic E-state index is 5.83. The Morgan fingerprint density at radius 3 is 2.05 bits per heavy atom. The Balaban J connectivity index is 2.25. The average molecular weight is 270 g/mol. The van der Waals surface area contributed by atoms with Crippen molar-refractivity contribution in [2.75, 3.05) is 37.1 Å². The lowest BCUT2D eigenvalue weighted by molar-refractivity contribution is 0.307. The zero-order valence-corrected chi connectivity index (χ0v) is 12.1. The lowest BCUT2D eigenvalue weighted by atomic mass is 10.1. The minimum Gasteiger partial charge on any atom is -0.489 e. The van der Waals surface area contributed by atoms with E-state index >= 15 is 0 Å². The molecule has 0 atom stereocenters. The van der Waals surface area contributed by atoms with E-state index in [2.05, 4.69) is 34.1 Å². The third-order valence-corrected chi connectivity index (χ3v) is 3.15. The van der Waals surface area contributed by atoms with Crippen LogP contribution in [0.5, 0.6) is 5.75 Å². The molecule has 4 nitrogen and oxygen atoms in total. The van der Waals surface area contributed by atoms with Crippen LogP contribution in [0.15, 0.2) is 36.4 Å². The van der Waals surface area contributed by atoms with Gasteiger partial charge in [0.25, 0.3) is 0 Å². The number of hydrogen-bond donors (Lipinski definition) is 3. The van der Waals surface area contributed by atoms with Crippen molar-refractivity contribution in [2.24, 2.45) is 0 Å². The van der Waals surface area contributed by atoms with Gasteiger partial charge in [-0.3, -0.25) is 0 Å². The minimum atomic E-state index is 0.500. The first-order chi connectivity index (χ1) is 9.78. The maximum absolute atomic E-state index is 5.83. The molecule has 2 aromatic rings. The highest BCUT2D eigenvalue weighted by atomic mass is 16.5. The van der Waals surface area contributed by atoms with Crippen LogP contribution in [-0.4, -0.2) is 21.1 Å². The molecule has 0 aliphatic rings. The smallest absolute Gasteiger partial charge is 0.119 e. The Morgan fingerprint density at radius 2 is 1.55 bits per heavy atom. The Labute approximate surface area is 120 Å². The fourth-order valence-corrected chi connectivity index (χ4v) is 2.04. The Kier molecular flexibility index (Phi) is 4.71. The second kappa shape index (κ2) is 6.70. The highest BCUT2D eigenvalue weighted by molar-refractivity contribution is 5.73. The molecule has 0 amide bonds. The molecule has 0 aliphatic carbocycles. The van der Waals surface area contributed by atoms with Gasteiger partial charge < -0.3 is 20.7 Å². The third kappa shape index (κ3) is 3.15. The van der Waals surface area contributed by atoms with Crippen LogP contribution < -0.4 is 20.7 Å². The summed E-state index contributed by atoms with van der Waals surface area (Å²) in [5, 5.41) is 9.58. The van der Waals surface area contributed by atoms with Crippen LogP contribution in [0.3, 0.4) is 0 Å². The molecule has 2 aromatic carbocycles. The summed E-state index contributed by atoms with van der Waals surface area (Å²) in [6.45, 7) is 0.500. The van der Waals surface area contributed by atoms with Gasteiger partial charge >= 0.3 is 0 Å². The van der Waals surface area contributed by atoms with Gasteiger partial charge in [-0.05, 0) is 30.3 Å². The summed E-state index contributed by atoms with van der Waals surface area (Å²) in [7, 11) is 5.73. The summed E-state index contributed by atoms with van der Waals surface area (Å²) in [5.41, 5.74) is 4.24. The van der Waals surface area contributed by atoms with E-state index in [0.717, 1.165) is 28.4 Å². The van der Waals surface area contributed by atoms with Crippen LogP contribution in [0.1, 0.15) is 5.56 Å². The molecule has 3 N–H and O–H groups in total. The zero-order valence-electron chi connectivity index (χ0n) is 12.1. The van der Waals surface area contributed by atoms with Crippen molar-refractivity contribution >= 4 is 17.1 Å². The fourth-order valence-electron chi connectivity index (χ4n) is 2.04. The number of hydrogen-bond acceptors (Lipinski definition) is 4. The van der Waals surface area contributed by atoms with Gasteiger partial charge in [-0.2, -0.15) is 0 Å². The van der Waals surface area contributed by atoms with E-state index in [4.69, 9.17) is 4.74 Å². The standard InChI is InChI=1S/C16H20N3O/c1-17-12-9-15(18-2)14(16(10-12)19-3)11-20-13-7-5-4-6-8-13/h5-10,17-19H,11H2,1-3H3. The lowest BCUT2D eigenvalue weighted by Gasteiger charge is -2.17. The van der Waals surface area contributed by atoms with Crippen LogP contribution in [0.25, 0.3) is 0 Å². The van der Waals surface area contributed by atoms with Gasteiger partial charge in [0.2, 0.25) is 0 Å². The fraction of sp³-hybridized carbons (Fsp3) is 0.250. The summed E-state index contributed by atoms with van der Waals surface area (Å²) in [6.07, 6.45) is 0. The molecule has 1 radical (unpaired) electrons. The van der Waals surface area contributed by atoms with Gasteiger partial charge in [-0.15, -0.1) is 0 Å². The van der Waals surface area contributed by atoms with Crippen molar-refractivity contribution in [3.8, 4) is 5.75 Å². The van der Waals surface area contributed by atoms with Crippen molar-refractivity contribution in [1.82, 2.24) is 0 Å². The van der Waals surface area contributed by atoms with Crippen LogP contribution in [0.4, 0.5) is 17.1 Å². The molecule has 0 fully saturated rings. The lowest BCUT2D eigenvalue weighted by Crippen LogP contribution is -2.06. The molecule has 0 unspecified atom stereocenters. The molecule has 0 heterocycles. The van der Waals surface area contributed by atoms with Gasteiger partial charge in [0.1, 0.15) is 12.4 Å². The summed E-state index contributed by atoms with van der Waals surface area (Å²) in [4.78, 5) is 0. The van der Waals surface area contributed by atoms with Crippen molar-refractivity contribution < 1.29 is 4.74 Å². The Hall–Kier alpha value is -2.36. The summed E-state index contributed by atoms with van der Waals surface area (Å²) < 4.78 is 5.83. The summed E-state index contributed by atoms with van der Waals surface area (Å²) in [5.74, 6) is 0.838.